The van der Waals surface area contributed by atoms with Crippen LogP contribution in [0.3, 0.4) is 0 Å². The molecule has 0 unspecified atom stereocenters. The van der Waals surface area contributed by atoms with Gasteiger partial charge in [0.15, 0.2) is 0 Å². The van der Waals surface area contributed by atoms with Gasteiger partial charge in [0.2, 0.25) is 11.8 Å². The molecule has 2 amide bonds. The first kappa shape index (κ1) is 17.6. The van der Waals surface area contributed by atoms with Crippen molar-refractivity contribution in [1.29, 1.82) is 5.26 Å². The second-order valence-electron chi connectivity index (χ2n) is 4.36. The number of ether oxygens (including phenoxy) is 2. The number of anilines is 1. The summed E-state index contributed by atoms with van der Waals surface area (Å²) in [6, 6.07) is 8.88. The van der Waals surface area contributed by atoms with E-state index in [9.17, 15) is 9.59 Å². The summed E-state index contributed by atoms with van der Waals surface area (Å²) >= 11 is 0. The number of hydrogen-bond donors (Lipinski definition) is 2. The number of rotatable bonds is 9. The molecule has 0 radical (unpaired) electrons. The molecule has 0 atom stereocenters. The van der Waals surface area contributed by atoms with E-state index >= 15 is 0 Å². The molecule has 0 aliphatic rings. The summed E-state index contributed by atoms with van der Waals surface area (Å²) < 4.78 is 9.95. The second kappa shape index (κ2) is 10.3. The smallest absolute Gasteiger partial charge is 0.250 e. The van der Waals surface area contributed by atoms with Gasteiger partial charge in [-0.3, -0.25) is 9.59 Å². The number of benzene rings is 1. The van der Waals surface area contributed by atoms with Crippen molar-refractivity contribution in [3.05, 3.63) is 29.8 Å². The Bertz CT molecular complexity index is 540. The molecule has 0 spiro atoms. The Kier molecular flexibility index (Phi) is 8.27. The van der Waals surface area contributed by atoms with Crippen LogP contribution >= 0.6 is 0 Å². The summed E-state index contributed by atoms with van der Waals surface area (Å²) in [5, 5.41) is 13.8. The number of hydrogen-bond acceptors (Lipinski definition) is 5. The van der Waals surface area contributed by atoms with Crippen molar-refractivity contribution in [2.45, 2.75) is 13.0 Å². The highest BCUT2D eigenvalue weighted by atomic mass is 16.5. The fourth-order valence-electron chi connectivity index (χ4n) is 1.62. The Labute approximate surface area is 129 Å². The van der Waals surface area contributed by atoms with E-state index in [1.54, 1.807) is 37.4 Å². The van der Waals surface area contributed by atoms with Crippen LogP contribution in [0.1, 0.15) is 12.0 Å². The van der Waals surface area contributed by atoms with Crippen molar-refractivity contribution in [1.82, 2.24) is 5.32 Å². The van der Waals surface area contributed by atoms with Crippen LogP contribution in [0.4, 0.5) is 5.69 Å². The highest BCUT2D eigenvalue weighted by Crippen LogP contribution is 2.14. The first-order chi connectivity index (χ1) is 10.7. The summed E-state index contributed by atoms with van der Waals surface area (Å²) in [5.41, 5.74) is 1.35. The summed E-state index contributed by atoms with van der Waals surface area (Å²) in [6.45, 7) is 0.935. The van der Waals surface area contributed by atoms with Crippen LogP contribution in [-0.2, 0) is 25.6 Å². The van der Waals surface area contributed by atoms with Crippen molar-refractivity contribution < 1.29 is 19.1 Å². The summed E-state index contributed by atoms with van der Waals surface area (Å²) in [4.78, 5) is 23.1. The van der Waals surface area contributed by atoms with Crippen LogP contribution in [0.5, 0.6) is 0 Å². The van der Waals surface area contributed by atoms with E-state index in [1.165, 1.54) is 0 Å². The Balaban J connectivity index is 2.51. The largest absolute Gasteiger partial charge is 0.382 e. The second-order valence-corrected chi connectivity index (χ2v) is 4.36. The Hall–Kier alpha value is -2.43. The quantitative estimate of drug-likeness (QED) is 0.658. The lowest BCUT2D eigenvalue weighted by Crippen LogP contribution is -2.24. The van der Waals surface area contributed by atoms with Crippen LogP contribution in [0.2, 0.25) is 0 Å². The molecule has 0 saturated carbocycles. The van der Waals surface area contributed by atoms with E-state index < -0.39 is 0 Å². The van der Waals surface area contributed by atoms with Crippen molar-refractivity contribution in [3.63, 3.8) is 0 Å². The van der Waals surface area contributed by atoms with E-state index in [1.807, 2.05) is 0 Å². The van der Waals surface area contributed by atoms with Crippen LogP contribution in [0.25, 0.3) is 0 Å². The maximum Gasteiger partial charge on any atom is 0.250 e. The number of nitrogens with zero attached hydrogens (tertiary/aromatic N) is 1. The number of nitrogens with one attached hydrogen (secondary N) is 2. The maximum atomic E-state index is 11.8. The van der Waals surface area contributed by atoms with Crippen LogP contribution < -0.4 is 10.6 Å². The monoisotopic (exact) mass is 305 g/mol. The van der Waals surface area contributed by atoms with Gasteiger partial charge >= 0.3 is 0 Å². The number of para-hydroxylation sites is 1. The first-order valence-corrected chi connectivity index (χ1v) is 6.75. The van der Waals surface area contributed by atoms with Gasteiger partial charge < -0.3 is 20.1 Å². The molecule has 22 heavy (non-hydrogen) atoms. The fraction of sp³-hybridized carbons (Fsp3) is 0.400. The summed E-state index contributed by atoms with van der Waals surface area (Å²) in [7, 11) is 1.56. The topological polar surface area (TPSA) is 100 Å². The zero-order valence-electron chi connectivity index (χ0n) is 12.4. The molecule has 7 nitrogen and oxygen atoms in total. The van der Waals surface area contributed by atoms with E-state index in [2.05, 4.69) is 10.6 Å². The molecule has 0 aliphatic heterocycles. The molecule has 2 N–H and O–H groups in total. The Morgan fingerprint density at radius 2 is 2.00 bits per heavy atom. The molecular formula is C15H19N3O4. The molecule has 118 valence electrons. The summed E-state index contributed by atoms with van der Waals surface area (Å²) in [6.07, 6.45) is -0.193. The third kappa shape index (κ3) is 6.83. The minimum absolute atomic E-state index is 0.0709. The van der Waals surface area contributed by atoms with E-state index in [0.29, 0.717) is 18.9 Å². The van der Waals surface area contributed by atoms with Gasteiger partial charge in [-0.05, 0) is 11.6 Å². The molecule has 0 bridgehead atoms. The van der Waals surface area contributed by atoms with Gasteiger partial charge in [-0.2, -0.15) is 5.26 Å². The molecule has 0 aliphatic carbocycles. The van der Waals surface area contributed by atoms with Gasteiger partial charge in [-0.25, -0.2) is 0 Å². The van der Waals surface area contributed by atoms with E-state index in [4.69, 9.17) is 14.7 Å². The van der Waals surface area contributed by atoms with Crippen LogP contribution in [0.15, 0.2) is 24.3 Å². The van der Waals surface area contributed by atoms with Gasteiger partial charge in [0.25, 0.3) is 0 Å². The van der Waals surface area contributed by atoms with Crippen molar-refractivity contribution in [2.24, 2.45) is 0 Å². The predicted molar refractivity (Wildman–Crippen MR) is 79.8 cm³/mol. The van der Waals surface area contributed by atoms with Crippen molar-refractivity contribution >= 4 is 17.5 Å². The maximum absolute atomic E-state index is 11.8. The third-order valence-electron chi connectivity index (χ3n) is 2.67. The Morgan fingerprint density at radius 3 is 2.73 bits per heavy atom. The van der Waals surface area contributed by atoms with Gasteiger partial charge in [0.05, 0.1) is 19.3 Å². The van der Waals surface area contributed by atoms with Gasteiger partial charge in [0.1, 0.15) is 13.0 Å². The predicted octanol–water partition coefficient (Wildman–Crippen LogP) is 0.818. The van der Waals surface area contributed by atoms with Gasteiger partial charge in [0, 0.05) is 19.3 Å². The minimum Gasteiger partial charge on any atom is -0.382 e. The SMILES string of the molecule is COCCOCC(=O)Nc1ccccc1CNC(=O)CC#N. The number of amides is 2. The molecule has 1 rings (SSSR count). The third-order valence-corrected chi connectivity index (χ3v) is 2.67. The molecule has 0 fully saturated rings. The molecule has 7 heteroatoms. The lowest BCUT2D eigenvalue weighted by atomic mass is 10.1. The average Bonchev–Trinajstić information content (AvgIpc) is 2.51. The Morgan fingerprint density at radius 1 is 1.23 bits per heavy atom. The number of methoxy groups -OCH3 is 1. The van der Waals surface area contributed by atoms with E-state index in [0.717, 1.165) is 5.56 Å². The van der Waals surface area contributed by atoms with Gasteiger partial charge in [-0.15, -0.1) is 0 Å². The highest BCUT2D eigenvalue weighted by Gasteiger charge is 2.08. The lowest BCUT2D eigenvalue weighted by Gasteiger charge is -2.11. The zero-order chi connectivity index (χ0) is 16.2. The molecule has 0 heterocycles. The standard InChI is InChI=1S/C15H19N3O4/c1-21-8-9-22-11-15(20)18-13-5-3-2-4-12(13)10-17-14(19)6-7-16/h2-5H,6,8-11H2,1H3,(H,17,19)(H,18,20). The fourth-order valence-corrected chi connectivity index (χ4v) is 1.62. The molecule has 1 aromatic rings. The van der Waals surface area contributed by atoms with E-state index in [-0.39, 0.29) is 31.4 Å². The average molecular weight is 305 g/mol. The zero-order valence-corrected chi connectivity index (χ0v) is 12.4. The number of carbonyl (C=O) groups is 2. The molecular weight excluding hydrogens is 286 g/mol. The first-order valence-electron chi connectivity index (χ1n) is 6.75. The number of nitriles is 1. The van der Waals surface area contributed by atoms with Crippen LogP contribution in [0, 0.1) is 11.3 Å². The molecule has 1 aromatic carbocycles. The van der Waals surface area contributed by atoms with Gasteiger partial charge in [-0.1, -0.05) is 18.2 Å². The minimum atomic E-state index is -0.355. The molecule has 0 saturated heterocycles. The van der Waals surface area contributed by atoms with Crippen molar-refractivity contribution in [2.75, 3.05) is 32.2 Å². The number of carbonyl (C=O) groups excluding carboxylic acids is 2. The highest BCUT2D eigenvalue weighted by molar-refractivity contribution is 5.92. The summed E-state index contributed by atoms with van der Waals surface area (Å²) in [5.74, 6) is -0.640. The normalized spacial score (nSPS) is 9.82. The van der Waals surface area contributed by atoms with Crippen LogP contribution in [-0.4, -0.2) is 38.7 Å². The lowest BCUT2D eigenvalue weighted by molar-refractivity contribution is -0.121. The van der Waals surface area contributed by atoms with Crippen molar-refractivity contribution in [3.8, 4) is 6.07 Å². The molecule has 0 aromatic heterocycles.